The van der Waals surface area contributed by atoms with E-state index in [2.05, 4.69) is 10.0 Å². The molecule has 0 saturated heterocycles. The van der Waals surface area contributed by atoms with Crippen molar-refractivity contribution in [2.75, 3.05) is 21.3 Å². The fourth-order valence-electron chi connectivity index (χ4n) is 3.80. The van der Waals surface area contributed by atoms with Crippen LogP contribution in [-0.2, 0) is 27.4 Å². The number of ether oxygens (including phenoxy) is 4. The Balaban J connectivity index is 1.98. The van der Waals surface area contributed by atoms with Crippen molar-refractivity contribution in [2.24, 2.45) is 5.11 Å². The summed E-state index contributed by atoms with van der Waals surface area (Å²) in [6.07, 6.45) is 0. The molecule has 0 heterocycles. The molecule has 0 aromatic heterocycles. The highest BCUT2D eigenvalue weighted by atomic mass is 35.5. The minimum Gasteiger partial charge on any atom is -0.497 e. The molecule has 0 spiro atoms. The van der Waals surface area contributed by atoms with Gasteiger partial charge < -0.3 is 23.8 Å². The molecule has 0 aliphatic rings. The van der Waals surface area contributed by atoms with Gasteiger partial charge in [-0.05, 0) is 66.0 Å². The molecule has 40 heavy (non-hydrogen) atoms. The van der Waals surface area contributed by atoms with E-state index in [0.29, 0.717) is 11.3 Å². The predicted octanol–water partition coefficient (Wildman–Crippen LogP) is 5.86. The van der Waals surface area contributed by atoms with Gasteiger partial charge >= 0.3 is 11.9 Å². The molecule has 3 aromatic rings. The Morgan fingerprint density at radius 3 is 2.25 bits per heavy atom. The largest absolute Gasteiger partial charge is 0.497 e. The van der Waals surface area contributed by atoms with Crippen LogP contribution in [-0.4, -0.2) is 50.1 Å². The van der Waals surface area contributed by atoms with Crippen molar-refractivity contribution in [1.82, 2.24) is 4.90 Å². The summed E-state index contributed by atoms with van der Waals surface area (Å²) in [5, 5.41) is 3.84. The second kappa shape index (κ2) is 13.9. The first-order valence-electron chi connectivity index (χ1n) is 11.9. The SMILES string of the molecule is COC(=O)c1ccc(CN(C(=O)c2ccc(Cl)cc2N=[N+]=[N-])[C@H](C)C(=O)OC)cc1OCc1ccc(OC)cc1. The van der Waals surface area contributed by atoms with Gasteiger partial charge in [0.25, 0.3) is 5.91 Å². The number of hydrogen-bond acceptors (Lipinski definition) is 8. The predicted molar refractivity (Wildman–Crippen MR) is 147 cm³/mol. The summed E-state index contributed by atoms with van der Waals surface area (Å²) in [5.74, 6) is -0.953. The molecular formula is C28H27ClN4O7. The van der Waals surface area contributed by atoms with E-state index in [1.807, 2.05) is 12.1 Å². The fraction of sp³-hybridized carbons (Fsp3) is 0.250. The van der Waals surface area contributed by atoms with E-state index in [-0.39, 0.29) is 40.7 Å². The number of methoxy groups -OCH3 is 3. The molecule has 0 radical (unpaired) electrons. The molecule has 0 fully saturated rings. The van der Waals surface area contributed by atoms with Crippen LogP contribution in [0.1, 0.15) is 38.8 Å². The van der Waals surface area contributed by atoms with Crippen LogP contribution < -0.4 is 9.47 Å². The zero-order chi connectivity index (χ0) is 29.2. The van der Waals surface area contributed by atoms with Gasteiger partial charge in [-0.3, -0.25) is 4.79 Å². The Morgan fingerprint density at radius 2 is 1.62 bits per heavy atom. The van der Waals surface area contributed by atoms with Gasteiger partial charge in [-0.15, -0.1) is 0 Å². The third-order valence-corrected chi connectivity index (χ3v) is 6.21. The molecule has 0 aliphatic heterocycles. The second-order valence-electron chi connectivity index (χ2n) is 8.44. The number of azide groups is 1. The van der Waals surface area contributed by atoms with Crippen LogP contribution in [0.5, 0.6) is 11.5 Å². The Morgan fingerprint density at radius 1 is 0.950 bits per heavy atom. The topological polar surface area (TPSA) is 140 Å². The zero-order valence-electron chi connectivity index (χ0n) is 22.3. The van der Waals surface area contributed by atoms with Crippen molar-refractivity contribution in [3.63, 3.8) is 0 Å². The fourth-order valence-corrected chi connectivity index (χ4v) is 3.96. The average Bonchev–Trinajstić information content (AvgIpc) is 2.97. The lowest BCUT2D eigenvalue weighted by Gasteiger charge is -2.28. The van der Waals surface area contributed by atoms with Gasteiger partial charge in [0.2, 0.25) is 0 Å². The summed E-state index contributed by atoms with van der Waals surface area (Å²) in [5.41, 5.74) is 10.6. The lowest BCUT2D eigenvalue weighted by atomic mass is 10.1. The van der Waals surface area contributed by atoms with E-state index in [0.717, 1.165) is 5.56 Å². The Bertz CT molecular complexity index is 1440. The van der Waals surface area contributed by atoms with Crippen molar-refractivity contribution < 1.29 is 33.3 Å². The van der Waals surface area contributed by atoms with E-state index in [9.17, 15) is 14.4 Å². The van der Waals surface area contributed by atoms with Crippen LogP contribution in [0.15, 0.2) is 65.8 Å². The Labute approximate surface area is 235 Å². The quantitative estimate of drug-likeness (QED) is 0.122. The number of halogens is 1. The first kappa shape index (κ1) is 29.8. The van der Waals surface area contributed by atoms with Crippen molar-refractivity contribution in [2.45, 2.75) is 26.1 Å². The van der Waals surface area contributed by atoms with Crippen molar-refractivity contribution in [3.05, 3.63) is 98.4 Å². The zero-order valence-corrected chi connectivity index (χ0v) is 23.0. The summed E-state index contributed by atoms with van der Waals surface area (Å²) >= 11 is 6.02. The number of rotatable bonds is 11. The van der Waals surface area contributed by atoms with E-state index in [1.54, 1.807) is 31.4 Å². The standard InChI is InChI=1S/C28H27ClN4O7/c1-17(27(35)38-3)33(26(34)22-12-8-20(29)14-24(22)31-32-30)15-19-7-11-23(28(36)39-4)25(13-19)40-16-18-5-9-21(37-2)10-6-18/h5-14,17H,15-16H2,1-4H3/t17-/m1/s1. The minimum atomic E-state index is -1.02. The second-order valence-corrected chi connectivity index (χ2v) is 8.88. The molecule has 11 nitrogen and oxygen atoms in total. The van der Waals surface area contributed by atoms with Gasteiger partial charge in [-0.2, -0.15) is 0 Å². The van der Waals surface area contributed by atoms with Crippen LogP contribution in [0.3, 0.4) is 0 Å². The number of esters is 2. The highest BCUT2D eigenvalue weighted by Crippen LogP contribution is 2.29. The number of nitrogens with zero attached hydrogens (tertiary/aromatic N) is 4. The molecule has 0 saturated carbocycles. The highest BCUT2D eigenvalue weighted by Gasteiger charge is 2.29. The van der Waals surface area contributed by atoms with Gasteiger partial charge in [0.15, 0.2) is 0 Å². The van der Waals surface area contributed by atoms with E-state index in [1.165, 1.54) is 50.3 Å². The molecule has 0 unspecified atom stereocenters. The molecule has 1 atom stereocenters. The third kappa shape index (κ3) is 7.22. The Kier molecular flexibility index (Phi) is 10.4. The molecule has 0 bridgehead atoms. The maximum absolute atomic E-state index is 13.7. The molecule has 3 aromatic carbocycles. The molecule has 1 amide bonds. The van der Waals surface area contributed by atoms with Crippen molar-refractivity contribution in [3.8, 4) is 11.5 Å². The van der Waals surface area contributed by atoms with Gasteiger partial charge in [-0.1, -0.05) is 34.9 Å². The molecule has 208 valence electrons. The van der Waals surface area contributed by atoms with Crippen LogP contribution in [0.4, 0.5) is 5.69 Å². The smallest absolute Gasteiger partial charge is 0.341 e. The van der Waals surface area contributed by atoms with Crippen LogP contribution in [0, 0.1) is 0 Å². The van der Waals surface area contributed by atoms with Crippen LogP contribution in [0.25, 0.3) is 10.4 Å². The summed E-state index contributed by atoms with van der Waals surface area (Å²) in [6.45, 7) is 1.57. The van der Waals surface area contributed by atoms with Gasteiger partial charge in [0.05, 0.1) is 27.0 Å². The average molecular weight is 567 g/mol. The van der Waals surface area contributed by atoms with Gasteiger partial charge in [-0.25, -0.2) is 9.59 Å². The van der Waals surface area contributed by atoms with E-state index < -0.39 is 23.9 Å². The first-order chi connectivity index (χ1) is 19.2. The molecule has 12 heteroatoms. The summed E-state index contributed by atoms with van der Waals surface area (Å²) in [4.78, 5) is 42.6. The summed E-state index contributed by atoms with van der Waals surface area (Å²) in [7, 11) is 4.04. The molecular weight excluding hydrogens is 540 g/mol. The monoisotopic (exact) mass is 566 g/mol. The number of amides is 1. The van der Waals surface area contributed by atoms with Gasteiger partial charge in [0, 0.05) is 22.0 Å². The van der Waals surface area contributed by atoms with Crippen molar-refractivity contribution >= 4 is 35.1 Å². The van der Waals surface area contributed by atoms with E-state index >= 15 is 0 Å². The lowest BCUT2D eigenvalue weighted by Crippen LogP contribution is -2.43. The number of carbonyl (C=O) groups excluding carboxylic acids is 3. The normalized spacial score (nSPS) is 11.0. The van der Waals surface area contributed by atoms with E-state index in [4.69, 9.17) is 36.1 Å². The van der Waals surface area contributed by atoms with Crippen LogP contribution in [0.2, 0.25) is 5.02 Å². The summed E-state index contributed by atoms with van der Waals surface area (Å²) < 4.78 is 20.9. The lowest BCUT2D eigenvalue weighted by molar-refractivity contribution is -0.145. The Hall–Kier alpha value is -4.73. The third-order valence-electron chi connectivity index (χ3n) is 5.97. The number of carbonyl (C=O) groups is 3. The summed E-state index contributed by atoms with van der Waals surface area (Å²) in [6, 6.07) is 15.2. The molecule has 0 aliphatic carbocycles. The maximum Gasteiger partial charge on any atom is 0.341 e. The molecule has 3 rings (SSSR count). The first-order valence-corrected chi connectivity index (χ1v) is 12.3. The minimum absolute atomic E-state index is 0.00613. The van der Waals surface area contributed by atoms with Crippen LogP contribution >= 0.6 is 11.6 Å². The van der Waals surface area contributed by atoms with Gasteiger partial charge in [0.1, 0.15) is 29.7 Å². The maximum atomic E-state index is 13.7. The van der Waals surface area contributed by atoms with Crippen molar-refractivity contribution in [1.29, 1.82) is 0 Å². The number of benzene rings is 3. The number of hydrogen-bond donors (Lipinski definition) is 0. The highest BCUT2D eigenvalue weighted by molar-refractivity contribution is 6.31. The molecule has 0 N–H and O–H groups in total.